The highest BCUT2D eigenvalue weighted by Crippen LogP contribution is 2.25. The van der Waals surface area contributed by atoms with Crippen LogP contribution in [0.1, 0.15) is 17.3 Å². The number of amides is 2. The predicted molar refractivity (Wildman–Crippen MR) is 90.1 cm³/mol. The zero-order valence-corrected chi connectivity index (χ0v) is 14.2. The summed E-state index contributed by atoms with van der Waals surface area (Å²) in [5.74, 6) is -1.63. The van der Waals surface area contributed by atoms with Crippen LogP contribution in [0.4, 0.5) is 18.9 Å². The van der Waals surface area contributed by atoms with Crippen molar-refractivity contribution in [1.29, 1.82) is 0 Å². The quantitative estimate of drug-likeness (QED) is 0.816. The van der Waals surface area contributed by atoms with Gasteiger partial charge in [-0.15, -0.1) is 13.2 Å². The Kier molecular flexibility index (Phi) is 6.10. The number of carbonyl (C=O) groups excluding carboxylic acids is 2. The minimum Gasteiger partial charge on any atom is -0.406 e. The lowest BCUT2D eigenvalue weighted by molar-refractivity contribution is -0.274. The third kappa shape index (κ3) is 5.66. The number of anilines is 1. The standard InChI is InChI=1S/C17H14ClF3N2O3/c1-10(22-16(25)13-7-2-3-8-14(13)18)15(24)23-11-5-4-6-12(9-11)26-17(19,20)21/h2-10H,1H3,(H,22,25)(H,23,24). The number of ether oxygens (including phenoxy) is 1. The van der Waals surface area contributed by atoms with Crippen molar-refractivity contribution < 1.29 is 27.5 Å². The van der Waals surface area contributed by atoms with Gasteiger partial charge in [-0.05, 0) is 31.2 Å². The molecule has 0 aliphatic rings. The van der Waals surface area contributed by atoms with E-state index in [9.17, 15) is 22.8 Å². The number of hydrogen-bond donors (Lipinski definition) is 2. The molecule has 0 aliphatic heterocycles. The molecule has 0 aliphatic carbocycles. The molecule has 5 nitrogen and oxygen atoms in total. The lowest BCUT2D eigenvalue weighted by atomic mass is 10.2. The van der Waals surface area contributed by atoms with Crippen molar-refractivity contribution in [2.45, 2.75) is 19.3 Å². The van der Waals surface area contributed by atoms with Crippen LogP contribution in [-0.4, -0.2) is 24.2 Å². The summed E-state index contributed by atoms with van der Waals surface area (Å²) in [6, 6.07) is 10.2. The van der Waals surface area contributed by atoms with E-state index in [0.717, 1.165) is 12.1 Å². The van der Waals surface area contributed by atoms with Crippen LogP contribution in [-0.2, 0) is 4.79 Å². The predicted octanol–water partition coefficient (Wildman–Crippen LogP) is 4.00. The maximum atomic E-state index is 12.2. The van der Waals surface area contributed by atoms with Crippen LogP contribution in [0.25, 0.3) is 0 Å². The van der Waals surface area contributed by atoms with Crippen LogP contribution >= 0.6 is 11.6 Å². The Morgan fingerprint density at radius 1 is 1.12 bits per heavy atom. The van der Waals surface area contributed by atoms with Gasteiger partial charge in [0.1, 0.15) is 11.8 Å². The Bertz CT molecular complexity index is 812. The van der Waals surface area contributed by atoms with Crippen LogP contribution in [0.15, 0.2) is 48.5 Å². The average Bonchev–Trinajstić information content (AvgIpc) is 2.53. The van der Waals surface area contributed by atoms with Crippen LogP contribution in [0, 0.1) is 0 Å². The Balaban J connectivity index is 2.00. The molecule has 1 unspecified atom stereocenters. The second kappa shape index (κ2) is 8.09. The third-order valence-corrected chi connectivity index (χ3v) is 3.52. The number of nitrogens with one attached hydrogen (secondary N) is 2. The van der Waals surface area contributed by atoms with Crippen LogP contribution in [0.2, 0.25) is 5.02 Å². The number of rotatable bonds is 5. The molecule has 2 rings (SSSR count). The number of hydrogen-bond acceptors (Lipinski definition) is 3. The van der Waals surface area contributed by atoms with E-state index in [2.05, 4.69) is 15.4 Å². The second-order valence-electron chi connectivity index (χ2n) is 5.24. The van der Waals surface area contributed by atoms with E-state index < -0.39 is 30.0 Å². The van der Waals surface area contributed by atoms with E-state index >= 15 is 0 Å². The molecule has 0 fully saturated rings. The fraction of sp³-hybridized carbons (Fsp3) is 0.176. The van der Waals surface area contributed by atoms with Crippen molar-refractivity contribution in [3.05, 3.63) is 59.1 Å². The van der Waals surface area contributed by atoms with Gasteiger partial charge in [0.05, 0.1) is 10.6 Å². The lowest BCUT2D eigenvalue weighted by Crippen LogP contribution is -2.41. The summed E-state index contributed by atoms with van der Waals surface area (Å²) in [5, 5.41) is 5.10. The summed E-state index contributed by atoms with van der Waals surface area (Å²) in [6.45, 7) is 1.43. The van der Waals surface area contributed by atoms with Gasteiger partial charge >= 0.3 is 6.36 Å². The van der Waals surface area contributed by atoms with E-state index in [1.807, 2.05) is 0 Å². The second-order valence-corrected chi connectivity index (χ2v) is 5.65. The number of carbonyl (C=O) groups is 2. The van der Waals surface area contributed by atoms with Crippen molar-refractivity contribution in [2.24, 2.45) is 0 Å². The van der Waals surface area contributed by atoms with Gasteiger partial charge in [0.15, 0.2) is 0 Å². The van der Waals surface area contributed by atoms with Crippen molar-refractivity contribution >= 4 is 29.1 Å². The van der Waals surface area contributed by atoms with Crippen molar-refractivity contribution in [3.63, 3.8) is 0 Å². The SMILES string of the molecule is CC(NC(=O)c1ccccc1Cl)C(=O)Nc1cccc(OC(F)(F)F)c1. The van der Waals surface area contributed by atoms with E-state index in [-0.39, 0.29) is 16.3 Å². The summed E-state index contributed by atoms with van der Waals surface area (Å²) >= 11 is 5.91. The van der Waals surface area contributed by atoms with Crippen molar-refractivity contribution in [3.8, 4) is 5.75 Å². The average molecular weight is 387 g/mol. The summed E-state index contributed by atoms with van der Waals surface area (Å²) in [7, 11) is 0. The Morgan fingerprint density at radius 3 is 2.46 bits per heavy atom. The molecule has 0 saturated heterocycles. The molecule has 2 aromatic carbocycles. The molecular weight excluding hydrogens is 373 g/mol. The van der Waals surface area contributed by atoms with Gasteiger partial charge in [-0.2, -0.15) is 0 Å². The highest BCUT2D eigenvalue weighted by molar-refractivity contribution is 6.33. The summed E-state index contributed by atoms with van der Waals surface area (Å²) in [6.07, 6.45) is -4.83. The number of benzene rings is 2. The Morgan fingerprint density at radius 2 is 1.81 bits per heavy atom. The largest absolute Gasteiger partial charge is 0.573 e. The van der Waals surface area contributed by atoms with Crippen molar-refractivity contribution in [1.82, 2.24) is 5.32 Å². The molecule has 0 bridgehead atoms. The van der Waals surface area contributed by atoms with Crippen LogP contribution in [0.5, 0.6) is 5.75 Å². The summed E-state index contributed by atoms with van der Waals surface area (Å²) < 4.78 is 40.5. The molecule has 0 saturated carbocycles. The van der Waals surface area contributed by atoms with E-state index in [4.69, 9.17) is 11.6 Å². The van der Waals surface area contributed by atoms with Gasteiger partial charge in [0, 0.05) is 11.8 Å². The molecule has 9 heteroatoms. The number of halogens is 4. The highest BCUT2D eigenvalue weighted by Gasteiger charge is 2.31. The third-order valence-electron chi connectivity index (χ3n) is 3.19. The topological polar surface area (TPSA) is 67.4 Å². The minimum absolute atomic E-state index is 0.0931. The van der Waals surface area contributed by atoms with E-state index in [1.54, 1.807) is 12.1 Å². The molecule has 1 atom stereocenters. The van der Waals surface area contributed by atoms with Gasteiger partial charge in [-0.1, -0.05) is 29.8 Å². The maximum absolute atomic E-state index is 12.2. The van der Waals surface area contributed by atoms with Crippen LogP contribution in [0.3, 0.4) is 0 Å². The van der Waals surface area contributed by atoms with E-state index in [0.29, 0.717) is 0 Å². The van der Waals surface area contributed by atoms with E-state index in [1.165, 1.54) is 31.2 Å². The maximum Gasteiger partial charge on any atom is 0.573 e. The van der Waals surface area contributed by atoms with Gasteiger partial charge in [-0.3, -0.25) is 9.59 Å². The monoisotopic (exact) mass is 386 g/mol. The zero-order valence-electron chi connectivity index (χ0n) is 13.4. The normalized spacial score (nSPS) is 12.2. The van der Waals surface area contributed by atoms with Gasteiger partial charge in [0.2, 0.25) is 5.91 Å². The molecule has 0 aromatic heterocycles. The lowest BCUT2D eigenvalue weighted by Gasteiger charge is -2.15. The first kappa shape index (κ1) is 19.6. The molecule has 26 heavy (non-hydrogen) atoms. The molecule has 2 N–H and O–H groups in total. The highest BCUT2D eigenvalue weighted by atomic mass is 35.5. The molecule has 138 valence electrons. The van der Waals surface area contributed by atoms with Crippen LogP contribution < -0.4 is 15.4 Å². The Hall–Kier alpha value is -2.74. The molecular formula is C17H14ClF3N2O3. The van der Waals surface area contributed by atoms with Gasteiger partial charge in [-0.25, -0.2) is 0 Å². The molecule has 2 amide bonds. The number of alkyl halides is 3. The van der Waals surface area contributed by atoms with Crippen molar-refractivity contribution in [2.75, 3.05) is 5.32 Å². The van der Waals surface area contributed by atoms with Gasteiger partial charge < -0.3 is 15.4 Å². The molecule has 2 aromatic rings. The summed E-state index contributed by atoms with van der Waals surface area (Å²) in [5.41, 5.74) is 0.296. The first-order valence-corrected chi connectivity index (χ1v) is 7.75. The first-order valence-electron chi connectivity index (χ1n) is 7.38. The summed E-state index contributed by atoms with van der Waals surface area (Å²) in [4.78, 5) is 24.3. The fourth-order valence-corrected chi connectivity index (χ4v) is 2.23. The molecule has 0 spiro atoms. The smallest absolute Gasteiger partial charge is 0.406 e. The zero-order chi connectivity index (χ0) is 19.3. The molecule has 0 radical (unpaired) electrons. The van der Waals surface area contributed by atoms with Gasteiger partial charge in [0.25, 0.3) is 5.91 Å². The molecule has 0 heterocycles. The Labute approximate surface area is 152 Å². The fourth-order valence-electron chi connectivity index (χ4n) is 2.01. The first-order chi connectivity index (χ1) is 12.2. The minimum atomic E-state index is -4.83.